The zero-order valence-electron chi connectivity index (χ0n) is 9.80. The number of halogens is 1. The molecule has 1 aromatic heterocycles. The van der Waals surface area contributed by atoms with E-state index >= 15 is 0 Å². The molecule has 0 fully saturated rings. The molecular formula is C13H12FN3O. The lowest BCUT2D eigenvalue weighted by molar-refractivity contribution is 0.0988. The van der Waals surface area contributed by atoms with Gasteiger partial charge in [0.1, 0.15) is 11.5 Å². The number of nitrogen functional groups attached to an aromatic ring is 1. The molecular weight excluding hydrogens is 233 g/mol. The molecule has 0 unspecified atom stereocenters. The summed E-state index contributed by atoms with van der Waals surface area (Å²) in [5.41, 5.74) is 6.71. The Hall–Kier alpha value is -2.43. The van der Waals surface area contributed by atoms with Gasteiger partial charge < -0.3 is 10.6 Å². The fourth-order valence-electron chi connectivity index (χ4n) is 1.51. The first kappa shape index (κ1) is 12.0. The molecule has 92 valence electrons. The Balaban J connectivity index is 2.26. The maximum absolute atomic E-state index is 13.1. The molecule has 2 rings (SSSR count). The Morgan fingerprint density at radius 3 is 2.72 bits per heavy atom. The second kappa shape index (κ2) is 4.83. The third-order valence-corrected chi connectivity index (χ3v) is 2.51. The summed E-state index contributed by atoms with van der Waals surface area (Å²) in [4.78, 5) is 17.3. The summed E-state index contributed by atoms with van der Waals surface area (Å²) >= 11 is 0. The topological polar surface area (TPSA) is 59.2 Å². The van der Waals surface area contributed by atoms with Crippen LogP contribution in [-0.4, -0.2) is 17.9 Å². The molecule has 1 aromatic carbocycles. The maximum Gasteiger partial charge on any atom is 0.276 e. The smallest absolute Gasteiger partial charge is 0.276 e. The lowest BCUT2D eigenvalue weighted by atomic mass is 10.2. The molecule has 18 heavy (non-hydrogen) atoms. The summed E-state index contributed by atoms with van der Waals surface area (Å²) in [5.74, 6) is -0.710. The Labute approximate surface area is 104 Å². The van der Waals surface area contributed by atoms with E-state index in [0.29, 0.717) is 11.4 Å². The highest BCUT2D eigenvalue weighted by atomic mass is 19.1. The Morgan fingerprint density at radius 1 is 1.33 bits per heavy atom. The lowest BCUT2D eigenvalue weighted by Crippen LogP contribution is -2.27. The van der Waals surface area contributed by atoms with E-state index in [-0.39, 0.29) is 11.6 Å². The van der Waals surface area contributed by atoms with Crippen molar-refractivity contribution in [2.45, 2.75) is 0 Å². The quantitative estimate of drug-likeness (QED) is 0.881. The van der Waals surface area contributed by atoms with E-state index in [0.717, 1.165) is 0 Å². The van der Waals surface area contributed by atoms with Crippen LogP contribution in [0, 0.1) is 5.82 Å². The molecule has 4 nitrogen and oxygen atoms in total. The Morgan fingerprint density at radius 2 is 2.11 bits per heavy atom. The van der Waals surface area contributed by atoms with Gasteiger partial charge in [0, 0.05) is 12.7 Å². The second-order valence-corrected chi connectivity index (χ2v) is 3.82. The highest BCUT2D eigenvalue weighted by Crippen LogP contribution is 2.16. The van der Waals surface area contributed by atoms with E-state index in [9.17, 15) is 9.18 Å². The molecule has 0 aliphatic carbocycles. The predicted molar refractivity (Wildman–Crippen MR) is 67.8 cm³/mol. The molecule has 1 amide bonds. The highest BCUT2D eigenvalue weighted by molar-refractivity contribution is 6.04. The van der Waals surface area contributed by atoms with Crippen LogP contribution < -0.4 is 10.6 Å². The number of carbonyl (C=O) groups is 1. The van der Waals surface area contributed by atoms with Gasteiger partial charge in [-0.15, -0.1) is 0 Å². The molecule has 0 aliphatic rings. The summed E-state index contributed by atoms with van der Waals surface area (Å²) in [6.45, 7) is 0. The van der Waals surface area contributed by atoms with Crippen LogP contribution in [0.4, 0.5) is 15.8 Å². The van der Waals surface area contributed by atoms with Gasteiger partial charge in [-0.1, -0.05) is 6.07 Å². The summed E-state index contributed by atoms with van der Waals surface area (Å²) in [6, 6.07) is 8.94. The standard InChI is InChI=1S/C13H12FN3O/c1-17(11-4-2-3-9(14)7-11)13(18)12-6-5-10(15)8-16-12/h2-8H,15H2,1H3. The van der Waals surface area contributed by atoms with Crippen molar-refractivity contribution in [3.05, 3.63) is 54.1 Å². The molecule has 0 aliphatic heterocycles. The number of benzene rings is 1. The van der Waals surface area contributed by atoms with Crippen molar-refractivity contribution in [1.82, 2.24) is 4.98 Å². The van der Waals surface area contributed by atoms with Gasteiger partial charge in [0.05, 0.1) is 11.9 Å². The summed E-state index contributed by atoms with van der Waals surface area (Å²) in [7, 11) is 1.56. The van der Waals surface area contributed by atoms with Crippen LogP contribution in [0.5, 0.6) is 0 Å². The molecule has 0 saturated carbocycles. The van der Waals surface area contributed by atoms with Crippen LogP contribution in [0.1, 0.15) is 10.5 Å². The van der Waals surface area contributed by atoms with Crippen LogP contribution in [0.25, 0.3) is 0 Å². The number of pyridine rings is 1. The average Bonchev–Trinajstić information content (AvgIpc) is 2.38. The van der Waals surface area contributed by atoms with Crippen LogP contribution in [0.3, 0.4) is 0 Å². The average molecular weight is 245 g/mol. The number of anilines is 2. The van der Waals surface area contributed by atoms with Gasteiger partial charge in [0.15, 0.2) is 0 Å². The molecule has 2 aromatic rings. The first-order chi connectivity index (χ1) is 8.58. The number of carbonyl (C=O) groups excluding carboxylic acids is 1. The van der Waals surface area contributed by atoms with Crippen molar-refractivity contribution in [1.29, 1.82) is 0 Å². The molecule has 0 bridgehead atoms. The summed E-state index contributed by atoms with van der Waals surface area (Å²) < 4.78 is 13.1. The zero-order chi connectivity index (χ0) is 13.1. The van der Waals surface area contributed by atoms with E-state index < -0.39 is 5.82 Å². The molecule has 2 N–H and O–H groups in total. The van der Waals surface area contributed by atoms with Crippen molar-refractivity contribution in [3.63, 3.8) is 0 Å². The van der Waals surface area contributed by atoms with Gasteiger partial charge in [-0.3, -0.25) is 4.79 Å². The van der Waals surface area contributed by atoms with Crippen molar-refractivity contribution < 1.29 is 9.18 Å². The van der Waals surface area contributed by atoms with Gasteiger partial charge in [0.25, 0.3) is 5.91 Å². The number of aromatic nitrogens is 1. The monoisotopic (exact) mass is 245 g/mol. The number of nitrogens with zero attached hydrogens (tertiary/aromatic N) is 2. The molecule has 0 spiro atoms. The second-order valence-electron chi connectivity index (χ2n) is 3.82. The van der Waals surface area contributed by atoms with E-state index in [1.807, 2.05) is 0 Å². The summed E-state index contributed by atoms with van der Waals surface area (Å²) in [6.07, 6.45) is 1.41. The minimum Gasteiger partial charge on any atom is -0.397 e. The van der Waals surface area contributed by atoms with Gasteiger partial charge >= 0.3 is 0 Å². The number of hydrogen-bond donors (Lipinski definition) is 1. The number of nitrogens with two attached hydrogens (primary N) is 1. The van der Waals surface area contributed by atoms with Crippen molar-refractivity contribution in [3.8, 4) is 0 Å². The zero-order valence-corrected chi connectivity index (χ0v) is 9.80. The van der Waals surface area contributed by atoms with Crippen LogP contribution in [0.15, 0.2) is 42.6 Å². The first-order valence-corrected chi connectivity index (χ1v) is 5.33. The third-order valence-electron chi connectivity index (χ3n) is 2.51. The number of amides is 1. The third kappa shape index (κ3) is 2.45. The van der Waals surface area contributed by atoms with Crippen molar-refractivity contribution in [2.75, 3.05) is 17.7 Å². The Kier molecular flexibility index (Phi) is 3.23. The van der Waals surface area contributed by atoms with Gasteiger partial charge in [0.2, 0.25) is 0 Å². The van der Waals surface area contributed by atoms with E-state index in [4.69, 9.17) is 5.73 Å². The Bertz CT molecular complexity index is 569. The first-order valence-electron chi connectivity index (χ1n) is 5.33. The van der Waals surface area contributed by atoms with Crippen LogP contribution in [0.2, 0.25) is 0 Å². The van der Waals surface area contributed by atoms with Gasteiger partial charge in [-0.2, -0.15) is 0 Å². The number of rotatable bonds is 2. The van der Waals surface area contributed by atoms with E-state index in [1.165, 1.54) is 29.3 Å². The van der Waals surface area contributed by atoms with E-state index in [2.05, 4.69) is 4.98 Å². The largest absolute Gasteiger partial charge is 0.397 e. The maximum atomic E-state index is 13.1. The minimum atomic E-state index is -0.391. The lowest BCUT2D eigenvalue weighted by Gasteiger charge is -2.16. The number of hydrogen-bond acceptors (Lipinski definition) is 3. The fraction of sp³-hybridized carbons (Fsp3) is 0.0769. The fourth-order valence-corrected chi connectivity index (χ4v) is 1.51. The summed E-state index contributed by atoms with van der Waals surface area (Å²) in [5, 5.41) is 0. The molecule has 0 radical (unpaired) electrons. The SMILES string of the molecule is CN(C(=O)c1ccc(N)cn1)c1cccc(F)c1. The van der Waals surface area contributed by atoms with Crippen LogP contribution in [-0.2, 0) is 0 Å². The van der Waals surface area contributed by atoms with Crippen LogP contribution >= 0.6 is 0 Å². The van der Waals surface area contributed by atoms with Crippen molar-refractivity contribution in [2.24, 2.45) is 0 Å². The van der Waals surface area contributed by atoms with Crippen molar-refractivity contribution >= 4 is 17.3 Å². The highest BCUT2D eigenvalue weighted by Gasteiger charge is 2.14. The molecule has 1 heterocycles. The molecule has 0 saturated heterocycles. The molecule has 0 atom stereocenters. The van der Waals surface area contributed by atoms with E-state index in [1.54, 1.807) is 25.2 Å². The normalized spacial score (nSPS) is 10.1. The van der Waals surface area contributed by atoms with Gasteiger partial charge in [-0.25, -0.2) is 9.37 Å². The molecule has 5 heteroatoms. The predicted octanol–water partition coefficient (Wildman–Crippen LogP) is 2.08. The minimum absolute atomic E-state index is 0.260. The van der Waals surface area contributed by atoms with Gasteiger partial charge in [-0.05, 0) is 30.3 Å².